The summed E-state index contributed by atoms with van der Waals surface area (Å²) in [5, 5.41) is 3.10. The van der Waals surface area contributed by atoms with E-state index in [-0.39, 0.29) is 6.10 Å². The summed E-state index contributed by atoms with van der Waals surface area (Å²) in [4.78, 5) is 8.89. The highest BCUT2D eigenvalue weighted by molar-refractivity contribution is 5.46. The predicted octanol–water partition coefficient (Wildman–Crippen LogP) is 2.10. The molecule has 0 aromatic carbocycles. The Morgan fingerprint density at radius 2 is 2.07 bits per heavy atom. The average molecular weight is 209 g/mol. The summed E-state index contributed by atoms with van der Waals surface area (Å²) in [5.41, 5.74) is 2.19. The Hall–Kier alpha value is -1.16. The number of hydrogen-bond acceptors (Lipinski definition) is 4. The number of aromatic nitrogens is 2. The summed E-state index contributed by atoms with van der Waals surface area (Å²) in [7, 11) is 3.54. The van der Waals surface area contributed by atoms with Gasteiger partial charge < -0.3 is 10.1 Å². The van der Waals surface area contributed by atoms with Gasteiger partial charge in [0.1, 0.15) is 11.9 Å². The van der Waals surface area contributed by atoms with Crippen LogP contribution in [0.5, 0.6) is 0 Å². The molecular weight excluding hydrogens is 190 g/mol. The van der Waals surface area contributed by atoms with Crippen LogP contribution in [-0.4, -0.2) is 24.1 Å². The van der Waals surface area contributed by atoms with Crippen LogP contribution in [0.2, 0.25) is 0 Å². The van der Waals surface area contributed by atoms with Gasteiger partial charge in [-0.05, 0) is 20.3 Å². The molecule has 0 aliphatic carbocycles. The van der Waals surface area contributed by atoms with E-state index >= 15 is 0 Å². The molecule has 0 radical (unpaired) electrons. The molecule has 4 nitrogen and oxygen atoms in total. The van der Waals surface area contributed by atoms with Gasteiger partial charge >= 0.3 is 0 Å². The zero-order chi connectivity index (χ0) is 11.4. The first-order valence-electron chi connectivity index (χ1n) is 5.22. The van der Waals surface area contributed by atoms with Crippen molar-refractivity contribution in [1.82, 2.24) is 9.97 Å². The van der Waals surface area contributed by atoms with Crippen LogP contribution in [0, 0.1) is 6.92 Å². The fraction of sp³-hybridized carbons (Fsp3) is 0.636. The maximum absolute atomic E-state index is 5.21. The molecule has 1 rings (SSSR count). The van der Waals surface area contributed by atoms with E-state index in [1.165, 1.54) is 5.56 Å². The maximum atomic E-state index is 5.21. The Kier molecular flexibility index (Phi) is 4.03. The van der Waals surface area contributed by atoms with Gasteiger partial charge in [-0.2, -0.15) is 0 Å². The van der Waals surface area contributed by atoms with Crippen LogP contribution in [0.1, 0.15) is 37.0 Å². The van der Waals surface area contributed by atoms with Crippen LogP contribution in [0.3, 0.4) is 0 Å². The van der Waals surface area contributed by atoms with E-state index in [2.05, 4.69) is 22.2 Å². The third-order valence-corrected chi connectivity index (χ3v) is 2.54. The highest BCUT2D eigenvalue weighted by Crippen LogP contribution is 2.20. The number of hydrogen-bond donors (Lipinski definition) is 1. The lowest BCUT2D eigenvalue weighted by Crippen LogP contribution is -2.10. The molecule has 0 aliphatic heterocycles. The number of anilines is 1. The Bertz CT molecular complexity index is 339. The van der Waals surface area contributed by atoms with Gasteiger partial charge in [-0.3, -0.25) is 0 Å². The SMILES string of the molecule is CCc1c(C)nc(C(C)OC)nc1NC. The van der Waals surface area contributed by atoms with E-state index in [9.17, 15) is 0 Å². The van der Waals surface area contributed by atoms with Crippen LogP contribution >= 0.6 is 0 Å². The predicted molar refractivity (Wildman–Crippen MR) is 61.1 cm³/mol. The van der Waals surface area contributed by atoms with E-state index < -0.39 is 0 Å². The van der Waals surface area contributed by atoms with Gasteiger partial charge in [-0.15, -0.1) is 0 Å². The number of aryl methyl sites for hydroxylation is 1. The zero-order valence-electron chi connectivity index (χ0n) is 10.1. The molecule has 1 N–H and O–H groups in total. The van der Waals surface area contributed by atoms with Crippen LogP contribution in [0.15, 0.2) is 0 Å². The summed E-state index contributed by atoms with van der Waals surface area (Å²) in [6.45, 7) is 6.05. The Morgan fingerprint density at radius 1 is 1.40 bits per heavy atom. The van der Waals surface area contributed by atoms with E-state index in [1.807, 2.05) is 20.9 Å². The summed E-state index contributed by atoms with van der Waals surface area (Å²) in [6.07, 6.45) is 0.866. The minimum absolute atomic E-state index is 0.0679. The van der Waals surface area contributed by atoms with Crippen molar-refractivity contribution in [2.24, 2.45) is 0 Å². The van der Waals surface area contributed by atoms with Gasteiger partial charge in [0.25, 0.3) is 0 Å². The van der Waals surface area contributed by atoms with Crippen LogP contribution in [0.25, 0.3) is 0 Å². The molecule has 84 valence electrons. The fourth-order valence-electron chi connectivity index (χ4n) is 1.53. The molecule has 4 heteroatoms. The van der Waals surface area contributed by atoms with Crippen molar-refractivity contribution >= 4 is 5.82 Å². The van der Waals surface area contributed by atoms with Crippen LogP contribution in [-0.2, 0) is 11.2 Å². The lowest BCUT2D eigenvalue weighted by Gasteiger charge is -2.14. The van der Waals surface area contributed by atoms with Crippen molar-refractivity contribution in [2.45, 2.75) is 33.3 Å². The van der Waals surface area contributed by atoms with Gasteiger partial charge in [0, 0.05) is 25.4 Å². The molecule has 1 atom stereocenters. The van der Waals surface area contributed by atoms with E-state index in [1.54, 1.807) is 7.11 Å². The van der Waals surface area contributed by atoms with Crippen molar-refractivity contribution in [3.8, 4) is 0 Å². The molecule has 0 spiro atoms. The lowest BCUT2D eigenvalue weighted by atomic mass is 10.1. The van der Waals surface area contributed by atoms with Crippen LogP contribution < -0.4 is 5.32 Å². The van der Waals surface area contributed by atoms with Gasteiger partial charge in [-0.1, -0.05) is 6.92 Å². The smallest absolute Gasteiger partial charge is 0.159 e. The summed E-state index contributed by atoms with van der Waals surface area (Å²) in [5.74, 6) is 1.64. The molecule has 0 amide bonds. The van der Waals surface area contributed by atoms with Gasteiger partial charge in [-0.25, -0.2) is 9.97 Å². The van der Waals surface area contributed by atoms with Gasteiger partial charge in [0.05, 0.1) is 0 Å². The molecule has 15 heavy (non-hydrogen) atoms. The normalized spacial score (nSPS) is 12.6. The van der Waals surface area contributed by atoms with E-state index in [4.69, 9.17) is 4.74 Å². The average Bonchev–Trinajstić information content (AvgIpc) is 2.26. The first kappa shape index (κ1) is 11.9. The summed E-state index contributed by atoms with van der Waals surface area (Å²) < 4.78 is 5.21. The third-order valence-electron chi connectivity index (χ3n) is 2.54. The first-order chi connectivity index (χ1) is 7.13. The zero-order valence-corrected chi connectivity index (χ0v) is 10.1. The van der Waals surface area contributed by atoms with Crippen LogP contribution in [0.4, 0.5) is 5.82 Å². The highest BCUT2D eigenvalue weighted by atomic mass is 16.5. The molecule has 1 aromatic heterocycles. The number of rotatable bonds is 4. The Morgan fingerprint density at radius 3 is 2.53 bits per heavy atom. The molecule has 1 heterocycles. The quantitative estimate of drug-likeness (QED) is 0.825. The molecular formula is C11H19N3O. The Balaban J connectivity index is 3.19. The lowest BCUT2D eigenvalue weighted by molar-refractivity contribution is 0.112. The number of ether oxygens (including phenoxy) is 1. The highest BCUT2D eigenvalue weighted by Gasteiger charge is 2.13. The second-order valence-electron chi connectivity index (χ2n) is 3.48. The van der Waals surface area contributed by atoms with Crippen molar-refractivity contribution in [3.63, 3.8) is 0 Å². The topological polar surface area (TPSA) is 47.0 Å². The van der Waals surface area contributed by atoms with Crippen molar-refractivity contribution in [2.75, 3.05) is 19.5 Å². The monoisotopic (exact) mass is 209 g/mol. The minimum atomic E-state index is -0.0679. The fourth-order valence-corrected chi connectivity index (χ4v) is 1.53. The maximum Gasteiger partial charge on any atom is 0.159 e. The van der Waals surface area contributed by atoms with Gasteiger partial charge in [0.15, 0.2) is 5.82 Å². The first-order valence-corrected chi connectivity index (χ1v) is 5.22. The molecule has 0 bridgehead atoms. The largest absolute Gasteiger partial charge is 0.374 e. The van der Waals surface area contributed by atoms with Crippen molar-refractivity contribution < 1.29 is 4.74 Å². The second-order valence-corrected chi connectivity index (χ2v) is 3.48. The molecule has 1 aromatic rings. The molecule has 0 saturated carbocycles. The number of nitrogens with zero attached hydrogens (tertiary/aromatic N) is 2. The number of nitrogens with one attached hydrogen (secondary N) is 1. The van der Waals surface area contributed by atoms with Crippen molar-refractivity contribution in [3.05, 3.63) is 17.1 Å². The molecule has 0 fully saturated rings. The van der Waals surface area contributed by atoms with E-state index in [0.717, 1.165) is 23.8 Å². The standard InChI is InChI=1S/C11H19N3O/c1-6-9-7(2)13-10(8(3)15-5)14-11(9)12-4/h8H,6H2,1-5H3,(H,12,13,14). The van der Waals surface area contributed by atoms with Crippen molar-refractivity contribution in [1.29, 1.82) is 0 Å². The molecule has 1 unspecified atom stereocenters. The minimum Gasteiger partial charge on any atom is -0.374 e. The number of methoxy groups -OCH3 is 1. The Labute approximate surface area is 91.1 Å². The third kappa shape index (κ3) is 2.45. The molecule has 0 aliphatic rings. The summed E-state index contributed by atoms with van der Waals surface area (Å²) in [6, 6.07) is 0. The van der Waals surface area contributed by atoms with Gasteiger partial charge in [0.2, 0.25) is 0 Å². The van der Waals surface area contributed by atoms with E-state index in [0.29, 0.717) is 0 Å². The molecule has 0 saturated heterocycles. The second kappa shape index (κ2) is 5.07. The summed E-state index contributed by atoms with van der Waals surface area (Å²) >= 11 is 0.